The first-order valence-electron chi connectivity index (χ1n) is 10.4. The highest BCUT2D eigenvalue weighted by molar-refractivity contribution is 5.96. The fourth-order valence-corrected chi connectivity index (χ4v) is 3.29. The van der Waals surface area contributed by atoms with Crippen LogP contribution in [0.2, 0.25) is 0 Å². The number of nitrogens with one attached hydrogen (secondary N) is 2. The largest absolute Gasteiger partial charge is 0.345 e. The second kappa shape index (κ2) is 9.90. The molecule has 2 rings (SSSR count). The van der Waals surface area contributed by atoms with Gasteiger partial charge >= 0.3 is 0 Å². The van der Waals surface area contributed by atoms with Crippen molar-refractivity contribution in [3.63, 3.8) is 0 Å². The number of benzene rings is 2. The van der Waals surface area contributed by atoms with Crippen LogP contribution in [0, 0.1) is 5.92 Å². The van der Waals surface area contributed by atoms with Crippen LogP contribution in [0.4, 0.5) is 5.69 Å². The van der Waals surface area contributed by atoms with Crippen LogP contribution in [0.5, 0.6) is 0 Å². The molecule has 5 nitrogen and oxygen atoms in total. The molecule has 2 aromatic carbocycles. The Labute approximate surface area is 180 Å². The number of rotatable bonds is 7. The molecule has 30 heavy (non-hydrogen) atoms. The van der Waals surface area contributed by atoms with Crippen LogP contribution in [0.25, 0.3) is 0 Å². The minimum Gasteiger partial charge on any atom is -0.345 e. The Morgan fingerprint density at radius 3 is 1.97 bits per heavy atom. The highest BCUT2D eigenvalue weighted by Gasteiger charge is 2.19. The average Bonchev–Trinajstić information content (AvgIpc) is 2.67. The highest BCUT2D eigenvalue weighted by atomic mass is 16.2. The number of anilines is 1. The number of hydrogen-bond acceptors (Lipinski definition) is 3. The molecule has 2 aromatic rings. The summed E-state index contributed by atoms with van der Waals surface area (Å²) in [5.41, 5.74) is 3.86. The first kappa shape index (κ1) is 23.6. The molecule has 0 spiro atoms. The molecule has 1 atom stereocenters. The smallest absolute Gasteiger partial charge is 0.253 e. The summed E-state index contributed by atoms with van der Waals surface area (Å²) in [6.07, 6.45) is 0. The van der Waals surface area contributed by atoms with E-state index in [1.807, 2.05) is 0 Å². The minimum atomic E-state index is -0.112. The zero-order valence-corrected chi connectivity index (χ0v) is 19.2. The molecule has 5 heteroatoms. The van der Waals surface area contributed by atoms with E-state index in [-0.39, 0.29) is 29.8 Å². The molecular weight excluding hydrogens is 374 g/mol. The Kier molecular flexibility index (Phi) is 7.79. The van der Waals surface area contributed by atoms with Gasteiger partial charge in [-0.15, -0.1) is 0 Å². The van der Waals surface area contributed by atoms with Gasteiger partial charge in [0, 0.05) is 31.4 Å². The third kappa shape index (κ3) is 6.42. The Hall–Kier alpha value is -2.66. The summed E-state index contributed by atoms with van der Waals surface area (Å²) in [4.78, 5) is 25.9. The number of nitrogens with zero attached hydrogens (tertiary/aromatic N) is 1. The summed E-state index contributed by atoms with van der Waals surface area (Å²) in [6, 6.07) is 15.7. The van der Waals surface area contributed by atoms with E-state index < -0.39 is 0 Å². The van der Waals surface area contributed by atoms with E-state index in [0.29, 0.717) is 17.2 Å². The lowest BCUT2D eigenvalue weighted by molar-refractivity contribution is -0.115. The van der Waals surface area contributed by atoms with Crippen molar-refractivity contribution in [1.29, 1.82) is 0 Å². The molecule has 2 amide bonds. The van der Waals surface area contributed by atoms with Gasteiger partial charge in [0.15, 0.2) is 0 Å². The molecule has 0 saturated carbocycles. The first-order valence-corrected chi connectivity index (χ1v) is 10.4. The van der Waals surface area contributed by atoms with Crippen molar-refractivity contribution in [1.82, 2.24) is 10.2 Å². The maximum atomic E-state index is 12.4. The summed E-state index contributed by atoms with van der Waals surface area (Å²) in [5.74, 6) is 0.167. The molecule has 0 heterocycles. The molecule has 2 N–H and O–H groups in total. The molecular formula is C25H35N3O2. The van der Waals surface area contributed by atoms with E-state index in [2.05, 4.69) is 69.5 Å². The van der Waals surface area contributed by atoms with Gasteiger partial charge in [0.05, 0.1) is 6.54 Å². The molecule has 0 aromatic heterocycles. The molecule has 0 radical (unpaired) electrons. The maximum Gasteiger partial charge on any atom is 0.253 e. The van der Waals surface area contributed by atoms with Gasteiger partial charge in [0.25, 0.3) is 5.91 Å². The topological polar surface area (TPSA) is 61.4 Å². The highest BCUT2D eigenvalue weighted by Crippen LogP contribution is 2.26. The van der Waals surface area contributed by atoms with Crippen LogP contribution in [-0.4, -0.2) is 37.4 Å². The van der Waals surface area contributed by atoms with E-state index in [1.165, 1.54) is 16.0 Å². The van der Waals surface area contributed by atoms with E-state index in [1.54, 1.807) is 38.4 Å². The van der Waals surface area contributed by atoms with Crippen LogP contribution < -0.4 is 10.6 Å². The summed E-state index contributed by atoms with van der Waals surface area (Å²) in [6.45, 7) is 11.1. The van der Waals surface area contributed by atoms with Gasteiger partial charge in [-0.25, -0.2) is 0 Å². The molecule has 0 bridgehead atoms. The zero-order chi connectivity index (χ0) is 22.5. The van der Waals surface area contributed by atoms with Crippen molar-refractivity contribution >= 4 is 17.5 Å². The molecule has 0 unspecified atom stereocenters. The third-order valence-electron chi connectivity index (χ3n) is 5.11. The van der Waals surface area contributed by atoms with Gasteiger partial charge in [0.2, 0.25) is 5.91 Å². The van der Waals surface area contributed by atoms with Crippen LogP contribution in [0.15, 0.2) is 48.5 Å². The predicted molar refractivity (Wildman–Crippen MR) is 124 cm³/mol. The lowest BCUT2D eigenvalue weighted by Crippen LogP contribution is -2.33. The molecule has 0 aliphatic rings. The summed E-state index contributed by atoms with van der Waals surface area (Å²) in [5, 5.41) is 6.27. The standard InChI is InChI=1S/C25H35N3O2/c1-17(2)23(18-8-12-20(13-9-18)25(3,4)5)26-16-22(29)27-21-14-10-19(11-15-21)24(30)28(6)7/h8-15,17,23,26H,16H2,1-7H3,(H,27,29)/t23-/m0/s1. The number of amides is 2. The van der Waals surface area contributed by atoms with Crippen LogP contribution in [0.3, 0.4) is 0 Å². The second-order valence-electron chi connectivity index (χ2n) is 9.30. The summed E-state index contributed by atoms with van der Waals surface area (Å²) >= 11 is 0. The average molecular weight is 410 g/mol. The Balaban J connectivity index is 1.98. The lowest BCUT2D eigenvalue weighted by Gasteiger charge is -2.25. The van der Waals surface area contributed by atoms with Gasteiger partial charge in [-0.2, -0.15) is 0 Å². The molecule has 0 aliphatic carbocycles. The first-order chi connectivity index (χ1) is 14.0. The fraction of sp³-hybridized carbons (Fsp3) is 0.440. The van der Waals surface area contributed by atoms with E-state index in [0.717, 1.165) is 0 Å². The number of hydrogen-bond donors (Lipinski definition) is 2. The normalized spacial score (nSPS) is 12.5. The fourth-order valence-electron chi connectivity index (χ4n) is 3.29. The van der Waals surface area contributed by atoms with Crippen LogP contribution in [-0.2, 0) is 10.2 Å². The lowest BCUT2D eigenvalue weighted by atomic mass is 9.85. The van der Waals surface area contributed by atoms with E-state index in [9.17, 15) is 9.59 Å². The van der Waals surface area contributed by atoms with Crippen molar-refractivity contribution in [3.8, 4) is 0 Å². The van der Waals surface area contributed by atoms with Crippen molar-refractivity contribution < 1.29 is 9.59 Å². The van der Waals surface area contributed by atoms with Gasteiger partial charge in [0.1, 0.15) is 0 Å². The molecule has 0 saturated heterocycles. The Morgan fingerprint density at radius 2 is 1.50 bits per heavy atom. The zero-order valence-electron chi connectivity index (χ0n) is 19.2. The SMILES string of the molecule is CC(C)[C@H](NCC(=O)Nc1ccc(C(=O)N(C)C)cc1)c1ccc(C(C)(C)C)cc1. The van der Waals surface area contributed by atoms with Crippen molar-refractivity contribution in [2.75, 3.05) is 26.0 Å². The van der Waals surface area contributed by atoms with Crippen molar-refractivity contribution in [2.24, 2.45) is 5.92 Å². The van der Waals surface area contributed by atoms with Crippen LogP contribution in [0.1, 0.15) is 62.1 Å². The van der Waals surface area contributed by atoms with Gasteiger partial charge < -0.3 is 15.5 Å². The molecule has 0 fully saturated rings. The molecule has 162 valence electrons. The van der Waals surface area contributed by atoms with Crippen LogP contribution >= 0.6 is 0 Å². The van der Waals surface area contributed by atoms with Gasteiger partial charge in [-0.05, 0) is 46.7 Å². The maximum absolute atomic E-state index is 12.4. The minimum absolute atomic E-state index is 0.0632. The number of carbonyl (C=O) groups is 2. The predicted octanol–water partition coefficient (Wildman–Crippen LogP) is 4.61. The third-order valence-corrected chi connectivity index (χ3v) is 5.11. The number of carbonyl (C=O) groups excluding carboxylic acids is 2. The van der Waals surface area contributed by atoms with E-state index >= 15 is 0 Å². The second-order valence-corrected chi connectivity index (χ2v) is 9.30. The Morgan fingerprint density at radius 1 is 0.933 bits per heavy atom. The van der Waals surface area contributed by atoms with Gasteiger partial charge in [-0.3, -0.25) is 9.59 Å². The van der Waals surface area contributed by atoms with Crippen molar-refractivity contribution in [3.05, 3.63) is 65.2 Å². The molecule has 0 aliphatic heterocycles. The van der Waals surface area contributed by atoms with E-state index in [4.69, 9.17) is 0 Å². The Bertz CT molecular complexity index is 847. The quantitative estimate of drug-likeness (QED) is 0.702. The monoisotopic (exact) mass is 409 g/mol. The summed E-state index contributed by atoms with van der Waals surface area (Å²) < 4.78 is 0. The van der Waals surface area contributed by atoms with Crippen molar-refractivity contribution in [2.45, 2.75) is 46.1 Å². The van der Waals surface area contributed by atoms with Gasteiger partial charge in [-0.1, -0.05) is 58.9 Å². The summed E-state index contributed by atoms with van der Waals surface area (Å²) in [7, 11) is 3.43.